The van der Waals surface area contributed by atoms with Gasteiger partial charge in [-0.25, -0.2) is 0 Å². The SMILES string of the molecule is [2H]C(C)(C)c1cc(-c2[c-]cccc2)nc[c]1[Ge]([CH3])([CH3])[CH3].[2H]C1(C([2H])(C)c2ccnc(-c3[c-]cc4sc5cc(-c6ccccc6)ccc5c4c3)c2)CCCCC1.[Ir]. The van der Waals surface area contributed by atoms with Crippen LogP contribution in [0.3, 0.4) is 0 Å². The van der Waals surface area contributed by atoms with E-state index in [1.165, 1.54) is 42.1 Å². The number of rotatable bonds is 7. The second-order valence-electron chi connectivity index (χ2n) is 15.2. The molecule has 0 saturated heterocycles. The fourth-order valence-electron chi connectivity index (χ4n) is 7.21. The van der Waals surface area contributed by atoms with E-state index in [0.717, 1.165) is 59.3 Å². The zero-order chi connectivity index (χ0) is 39.0. The molecule has 0 amide bonds. The summed E-state index contributed by atoms with van der Waals surface area (Å²) in [6.07, 6.45) is 8.62. The number of thiophene rings is 1. The molecule has 7 aromatic rings. The Morgan fingerprint density at radius 1 is 0.755 bits per heavy atom. The molecule has 53 heavy (non-hydrogen) atoms. The van der Waals surface area contributed by atoms with Crippen LogP contribution in [0.5, 0.6) is 0 Å². The smallest absolute Gasteiger partial charge is 0.0352 e. The van der Waals surface area contributed by atoms with Crippen molar-refractivity contribution in [2.75, 3.05) is 0 Å². The predicted molar refractivity (Wildman–Crippen MR) is 227 cm³/mol. The topological polar surface area (TPSA) is 25.8 Å². The molecule has 1 unspecified atom stereocenters. The molecule has 5 heteroatoms. The predicted octanol–water partition coefficient (Wildman–Crippen LogP) is 13.5. The molecule has 1 atom stereocenters. The van der Waals surface area contributed by atoms with Crippen molar-refractivity contribution in [2.45, 2.75) is 81.9 Å². The van der Waals surface area contributed by atoms with Crippen LogP contribution in [0.25, 0.3) is 53.8 Å². The van der Waals surface area contributed by atoms with E-state index in [-0.39, 0.29) is 20.1 Å². The van der Waals surface area contributed by atoms with Crippen LogP contribution in [-0.2, 0) is 20.1 Å². The van der Waals surface area contributed by atoms with E-state index in [4.69, 9.17) is 2.74 Å². The monoisotopic (exact) mass is 956 g/mol. The minimum Gasteiger partial charge on any atom is -0.305 e. The molecule has 3 heterocycles. The van der Waals surface area contributed by atoms with E-state index in [9.17, 15) is 1.37 Å². The first kappa shape index (κ1) is 35.3. The van der Waals surface area contributed by atoms with Gasteiger partial charge in [0.25, 0.3) is 0 Å². The summed E-state index contributed by atoms with van der Waals surface area (Å²) in [5.74, 6) is 4.72. The van der Waals surface area contributed by atoms with E-state index >= 15 is 0 Å². The third kappa shape index (κ3) is 9.11. The molecule has 8 rings (SSSR count). The molecule has 3 aromatic heterocycles. The minimum atomic E-state index is -2.03. The quantitative estimate of drug-likeness (QED) is 0.118. The Morgan fingerprint density at radius 3 is 2.23 bits per heavy atom. The van der Waals surface area contributed by atoms with Crippen LogP contribution in [-0.4, -0.2) is 23.2 Å². The average Bonchev–Trinajstić information content (AvgIpc) is 3.55. The molecule has 273 valence electrons. The molecule has 4 aromatic carbocycles. The van der Waals surface area contributed by atoms with E-state index in [2.05, 4.69) is 100 Å². The van der Waals surface area contributed by atoms with Gasteiger partial charge in [-0.05, 0) is 63.7 Å². The Labute approximate surface area is 341 Å². The van der Waals surface area contributed by atoms with Gasteiger partial charge in [-0.3, -0.25) is 0 Å². The number of benzene rings is 4. The summed E-state index contributed by atoms with van der Waals surface area (Å²) in [6.45, 7) is 5.82. The van der Waals surface area contributed by atoms with Crippen LogP contribution in [0.15, 0.2) is 116 Å². The van der Waals surface area contributed by atoms with Crippen LogP contribution >= 0.6 is 11.3 Å². The fraction of sp³-hybridized carbons (Fsp3) is 0.292. The Kier molecular flexibility index (Phi) is 11.6. The van der Waals surface area contributed by atoms with E-state index < -0.39 is 30.9 Å². The van der Waals surface area contributed by atoms with Crippen molar-refractivity contribution in [1.82, 2.24) is 9.97 Å². The van der Waals surface area contributed by atoms with Crippen LogP contribution < -0.4 is 4.40 Å². The van der Waals surface area contributed by atoms with Gasteiger partial charge >= 0.3 is 120 Å². The average molecular weight is 955 g/mol. The van der Waals surface area contributed by atoms with Gasteiger partial charge in [-0.1, -0.05) is 85.7 Å². The number of fused-ring (bicyclic) bond motifs is 3. The van der Waals surface area contributed by atoms with Gasteiger partial charge in [0, 0.05) is 33.7 Å². The van der Waals surface area contributed by atoms with Crippen molar-refractivity contribution in [3.05, 3.63) is 139 Å². The van der Waals surface area contributed by atoms with Gasteiger partial charge in [0.2, 0.25) is 0 Å². The fourth-order valence-corrected chi connectivity index (χ4v) is 11.6. The van der Waals surface area contributed by atoms with Crippen molar-refractivity contribution in [3.8, 4) is 33.6 Å². The third-order valence-corrected chi connectivity index (χ3v) is 15.5. The minimum absolute atomic E-state index is 0. The number of pyridine rings is 2. The number of hydrogen-bond acceptors (Lipinski definition) is 3. The van der Waals surface area contributed by atoms with Crippen molar-refractivity contribution >= 4 is 49.2 Å². The van der Waals surface area contributed by atoms with Crippen molar-refractivity contribution in [3.63, 3.8) is 0 Å². The summed E-state index contributed by atoms with van der Waals surface area (Å²) in [5.41, 5.74) is 8.10. The molecule has 1 aliphatic carbocycles. The molecule has 2 nitrogen and oxygen atoms in total. The Morgan fingerprint density at radius 2 is 1.51 bits per heavy atom. The number of hydrogen-bond donors (Lipinski definition) is 0. The molecule has 1 aliphatic rings. The summed E-state index contributed by atoms with van der Waals surface area (Å²) in [5, 5.41) is 2.46. The van der Waals surface area contributed by atoms with Gasteiger partial charge in [0.15, 0.2) is 0 Å². The molecule has 0 N–H and O–H groups in total. The van der Waals surface area contributed by atoms with Crippen molar-refractivity contribution < 1.29 is 24.2 Å². The molecule has 0 aliphatic heterocycles. The van der Waals surface area contributed by atoms with E-state index in [1.54, 1.807) is 17.5 Å². The first-order chi connectivity index (χ1) is 26.1. The maximum absolute atomic E-state index is 9.20. The zero-order valence-electron chi connectivity index (χ0n) is 34.6. The van der Waals surface area contributed by atoms with Crippen molar-refractivity contribution in [1.29, 1.82) is 0 Å². The zero-order valence-corrected chi connectivity index (χ0v) is 37.0. The summed E-state index contributed by atoms with van der Waals surface area (Å²) in [7, 11) is 0. The second-order valence-corrected chi connectivity index (χ2v) is 26.8. The molecular weight excluding hydrogens is 901 g/mol. The largest absolute Gasteiger partial charge is 0.305 e. The third-order valence-electron chi connectivity index (χ3n) is 10.2. The van der Waals surface area contributed by atoms with Crippen LogP contribution in [0, 0.1) is 18.0 Å². The van der Waals surface area contributed by atoms with Crippen molar-refractivity contribution in [2.24, 2.45) is 5.89 Å². The molecule has 1 radical (unpaired) electrons. The summed E-state index contributed by atoms with van der Waals surface area (Å²) < 4.78 is 30.5. The van der Waals surface area contributed by atoms with Gasteiger partial charge < -0.3 is 4.98 Å². The molecule has 1 fully saturated rings. The Bertz CT molecular complexity index is 2430. The standard InChI is InChI=1S/C31H28NS.C17H22GeN.Ir/c1-21(22-8-4-2-5-9-22)24-16-17-32-29(19-24)26-13-15-30-28(18-26)27-14-12-25(20-31(27)33-30)23-10-6-3-7-11-23;1-13(2)15-11-17(14-9-7-6-8-10-14)19-12-16(15)18(3,4)5;/h3,6-7,10-12,14-22H,2,4-5,8-9H2,1H3;6-9,11-13H,1-5H3;/q2*-1;/i21D,22D;13D;. The first-order valence-corrected chi connectivity index (χ1v) is 26.7. The van der Waals surface area contributed by atoms with Crippen LogP contribution in [0.1, 0.15) is 79.9 Å². The normalized spacial score (nSPS) is 16.3. The van der Waals surface area contributed by atoms with Gasteiger partial charge in [-0.2, -0.15) is 11.3 Å². The van der Waals surface area contributed by atoms with E-state index in [0.29, 0.717) is 0 Å². The van der Waals surface area contributed by atoms with Crippen LogP contribution in [0.4, 0.5) is 0 Å². The maximum atomic E-state index is 9.20. The summed E-state index contributed by atoms with van der Waals surface area (Å²) in [4.78, 5) is 9.27. The number of aromatic nitrogens is 2. The molecule has 0 spiro atoms. The summed E-state index contributed by atoms with van der Waals surface area (Å²) in [6, 6.07) is 42.0. The molecular formula is C48H50GeIrN2S-2. The van der Waals surface area contributed by atoms with Crippen LogP contribution in [0.2, 0.25) is 17.3 Å². The van der Waals surface area contributed by atoms with Gasteiger partial charge in [0.05, 0.1) is 0 Å². The molecule has 0 bridgehead atoms. The first-order valence-electron chi connectivity index (χ1n) is 20.0. The molecule has 1 saturated carbocycles. The maximum Gasteiger partial charge on any atom is 0.0352 e. The van der Waals surface area contributed by atoms with Gasteiger partial charge in [-0.15, -0.1) is 23.8 Å². The second kappa shape index (κ2) is 17.4. The number of nitrogens with zero attached hydrogens (tertiary/aromatic N) is 2. The Hall–Kier alpha value is -3.41. The Balaban J connectivity index is 0.000000217. The summed E-state index contributed by atoms with van der Waals surface area (Å²) >= 11 is -0.232. The van der Waals surface area contributed by atoms with E-state index in [1.807, 2.05) is 69.4 Å². The van der Waals surface area contributed by atoms with Gasteiger partial charge in [0.1, 0.15) is 0 Å².